The molecule has 1 saturated heterocycles. The average molecular weight is 423 g/mol. The molecular formula is C26H34N2O3. The standard InChI is InChI=1S/C26H34N2O3/c1-3-5-19-7-8-25(31-14-13-29)23(16-19)24-17-20(6-4-2)15-21(26(24)30)18-28-11-9-22(27)10-12-28/h3-4,7-8,15-17,22,29-30H,1-2,5-6,9-14,18,27H2. The molecule has 0 radical (unpaired) electrons. The largest absolute Gasteiger partial charge is 0.507 e. The van der Waals surface area contributed by atoms with Gasteiger partial charge in [-0.15, -0.1) is 13.2 Å². The van der Waals surface area contributed by atoms with E-state index >= 15 is 0 Å². The van der Waals surface area contributed by atoms with E-state index in [1.165, 1.54) is 0 Å². The van der Waals surface area contributed by atoms with Gasteiger partial charge in [-0.3, -0.25) is 4.90 Å². The number of aromatic hydroxyl groups is 1. The summed E-state index contributed by atoms with van der Waals surface area (Å²) in [4.78, 5) is 2.34. The molecule has 166 valence electrons. The van der Waals surface area contributed by atoms with E-state index in [-0.39, 0.29) is 25.0 Å². The number of hydrogen-bond acceptors (Lipinski definition) is 5. The molecule has 0 atom stereocenters. The van der Waals surface area contributed by atoms with Crippen LogP contribution in [0.15, 0.2) is 55.6 Å². The number of benzene rings is 2. The van der Waals surface area contributed by atoms with Gasteiger partial charge in [-0.2, -0.15) is 0 Å². The number of ether oxygens (including phenoxy) is 1. The molecule has 1 aliphatic rings. The maximum absolute atomic E-state index is 11.3. The van der Waals surface area contributed by atoms with Crippen LogP contribution in [0.3, 0.4) is 0 Å². The van der Waals surface area contributed by atoms with Crippen molar-refractivity contribution in [3.63, 3.8) is 0 Å². The molecule has 1 fully saturated rings. The molecular weight excluding hydrogens is 388 g/mol. The summed E-state index contributed by atoms with van der Waals surface area (Å²) in [5.74, 6) is 0.912. The number of phenolic OH excluding ortho intramolecular Hbond substituents is 1. The number of nitrogens with two attached hydrogens (primary N) is 1. The molecule has 0 saturated carbocycles. The number of aliphatic hydroxyl groups is 1. The van der Waals surface area contributed by atoms with Gasteiger partial charge in [0.05, 0.1) is 6.61 Å². The second kappa shape index (κ2) is 11.1. The molecule has 1 heterocycles. The van der Waals surface area contributed by atoms with Crippen molar-refractivity contribution >= 4 is 0 Å². The van der Waals surface area contributed by atoms with Crippen LogP contribution in [0.25, 0.3) is 11.1 Å². The van der Waals surface area contributed by atoms with Crippen LogP contribution < -0.4 is 10.5 Å². The molecule has 5 heteroatoms. The van der Waals surface area contributed by atoms with E-state index in [0.29, 0.717) is 18.7 Å². The Morgan fingerprint density at radius 2 is 1.71 bits per heavy atom. The van der Waals surface area contributed by atoms with E-state index < -0.39 is 0 Å². The van der Waals surface area contributed by atoms with Crippen molar-refractivity contribution < 1.29 is 14.9 Å². The first kappa shape index (κ1) is 23.1. The van der Waals surface area contributed by atoms with Crippen LogP contribution in [0.5, 0.6) is 11.5 Å². The number of hydrogen-bond donors (Lipinski definition) is 3. The first-order valence-corrected chi connectivity index (χ1v) is 11.0. The summed E-state index contributed by atoms with van der Waals surface area (Å²) in [5.41, 5.74) is 10.7. The average Bonchev–Trinajstić information content (AvgIpc) is 2.77. The van der Waals surface area contributed by atoms with Crippen molar-refractivity contribution in [3.05, 3.63) is 72.3 Å². The lowest BCUT2D eigenvalue weighted by Gasteiger charge is -2.30. The molecule has 31 heavy (non-hydrogen) atoms. The molecule has 4 N–H and O–H groups in total. The van der Waals surface area contributed by atoms with Crippen LogP contribution in [0.1, 0.15) is 29.5 Å². The van der Waals surface area contributed by atoms with Gasteiger partial charge in [-0.1, -0.05) is 24.3 Å². The summed E-state index contributed by atoms with van der Waals surface area (Å²) in [6.07, 6.45) is 7.11. The maximum atomic E-state index is 11.3. The lowest BCUT2D eigenvalue weighted by Crippen LogP contribution is -2.39. The molecule has 0 aliphatic carbocycles. The predicted octanol–water partition coefficient (Wildman–Crippen LogP) is 3.81. The molecule has 2 aromatic carbocycles. The molecule has 0 spiro atoms. The Bertz CT molecular complexity index is 902. The van der Waals surface area contributed by atoms with Crippen LogP contribution in [-0.4, -0.2) is 47.5 Å². The van der Waals surface area contributed by atoms with E-state index in [1.807, 2.05) is 36.4 Å². The first-order valence-electron chi connectivity index (χ1n) is 11.0. The molecule has 0 aromatic heterocycles. The smallest absolute Gasteiger partial charge is 0.128 e. The Balaban J connectivity index is 2.04. The molecule has 2 aromatic rings. The van der Waals surface area contributed by atoms with Crippen molar-refractivity contribution in [1.29, 1.82) is 0 Å². The summed E-state index contributed by atoms with van der Waals surface area (Å²) in [6, 6.07) is 10.3. The van der Waals surface area contributed by atoms with Gasteiger partial charge in [0.2, 0.25) is 0 Å². The fourth-order valence-electron chi connectivity index (χ4n) is 4.09. The second-order valence-corrected chi connectivity index (χ2v) is 8.15. The minimum atomic E-state index is -0.0708. The summed E-state index contributed by atoms with van der Waals surface area (Å²) >= 11 is 0. The SMILES string of the molecule is C=CCc1ccc(OCCO)c(-c2cc(CC=C)cc(CN3CCC(N)CC3)c2O)c1. The van der Waals surface area contributed by atoms with Crippen molar-refractivity contribution in [2.24, 2.45) is 5.73 Å². The summed E-state index contributed by atoms with van der Waals surface area (Å²) < 4.78 is 5.80. The topological polar surface area (TPSA) is 79.0 Å². The predicted molar refractivity (Wildman–Crippen MR) is 126 cm³/mol. The van der Waals surface area contributed by atoms with Crippen LogP contribution in [0, 0.1) is 0 Å². The van der Waals surface area contributed by atoms with Gasteiger partial charge in [-0.25, -0.2) is 0 Å². The third-order valence-corrected chi connectivity index (χ3v) is 5.72. The van der Waals surface area contributed by atoms with Crippen LogP contribution in [0.4, 0.5) is 0 Å². The molecule has 0 bridgehead atoms. The minimum absolute atomic E-state index is 0.0708. The minimum Gasteiger partial charge on any atom is -0.507 e. The Labute approximate surface area is 185 Å². The van der Waals surface area contributed by atoms with Gasteiger partial charge in [0.1, 0.15) is 18.1 Å². The van der Waals surface area contributed by atoms with Crippen molar-refractivity contribution in [2.45, 2.75) is 38.3 Å². The highest BCUT2D eigenvalue weighted by Gasteiger charge is 2.20. The quantitative estimate of drug-likeness (QED) is 0.508. The summed E-state index contributed by atoms with van der Waals surface area (Å²) in [6.45, 7) is 10.4. The lowest BCUT2D eigenvalue weighted by atomic mass is 9.94. The van der Waals surface area contributed by atoms with Crippen molar-refractivity contribution in [2.75, 3.05) is 26.3 Å². The van der Waals surface area contributed by atoms with E-state index in [0.717, 1.165) is 60.2 Å². The number of phenols is 1. The van der Waals surface area contributed by atoms with Gasteiger partial charge in [0, 0.05) is 29.3 Å². The molecule has 0 unspecified atom stereocenters. The monoisotopic (exact) mass is 422 g/mol. The number of aliphatic hydroxyl groups excluding tert-OH is 1. The van der Waals surface area contributed by atoms with E-state index in [2.05, 4.69) is 24.1 Å². The zero-order chi connectivity index (χ0) is 22.2. The van der Waals surface area contributed by atoms with Crippen molar-refractivity contribution in [1.82, 2.24) is 4.90 Å². The normalized spacial score (nSPS) is 15.0. The van der Waals surface area contributed by atoms with Gasteiger partial charge in [-0.05, 0) is 68.1 Å². The van der Waals surface area contributed by atoms with Gasteiger partial charge >= 0.3 is 0 Å². The Kier molecular flexibility index (Phi) is 8.29. The second-order valence-electron chi connectivity index (χ2n) is 8.15. The van der Waals surface area contributed by atoms with Crippen LogP contribution in [0.2, 0.25) is 0 Å². The van der Waals surface area contributed by atoms with Gasteiger partial charge in [0.15, 0.2) is 0 Å². The maximum Gasteiger partial charge on any atom is 0.128 e. The Hall–Kier alpha value is -2.60. The third-order valence-electron chi connectivity index (χ3n) is 5.72. The fraction of sp³-hybridized carbons (Fsp3) is 0.385. The Morgan fingerprint density at radius 1 is 1.03 bits per heavy atom. The number of allylic oxidation sites excluding steroid dienone is 2. The van der Waals surface area contributed by atoms with Crippen LogP contribution in [-0.2, 0) is 19.4 Å². The van der Waals surface area contributed by atoms with E-state index in [9.17, 15) is 10.2 Å². The highest BCUT2D eigenvalue weighted by atomic mass is 16.5. The highest BCUT2D eigenvalue weighted by molar-refractivity contribution is 5.78. The van der Waals surface area contributed by atoms with Crippen molar-refractivity contribution in [3.8, 4) is 22.6 Å². The zero-order valence-corrected chi connectivity index (χ0v) is 18.2. The van der Waals surface area contributed by atoms with Crippen LogP contribution >= 0.6 is 0 Å². The Morgan fingerprint density at radius 3 is 2.39 bits per heavy atom. The summed E-state index contributed by atoms with van der Waals surface area (Å²) in [5, 5.41) is 20.5. The molecule has 0 amide bonds. The zero-order valence-electron chi connectivity index (χ0n) is 18.2. The van der Waals surface area contributed by atoms with Gasteiger partial charge < -0.3 is 20.7 Å². The fourth-order valence-corrected chi connectivity index (χ4v) is 4.09. The lowest BCUT2D eigenvalue weighted by molar-refractivity contribution is 0.201. The van der Waals surface area contributed by atoms with E-state index in [1.54, 1.807) is 0 Å². The third kappa shape index (κ3) is 5.97. The summed E-state index contributed by atoms with van der Waals surface area (Å²) in [7, 11) is 0. The number of nitrogens with zero attached hydrogens (tertiary/aromatic N) is 1. The molecule has 5 nitrogen and oxygen atoms in total. The van der Waals surface area contributed by atoms with E-state index in [4.69, 9.17) is 10.5 Å². The highest BCUT2D eigenvalue weighted by Crippen LogP contribution is 2.40. The number of piperidine rings is 1. The first-order chi connectivity index (χ1) is 15.0. The molecule has 1 aliphatic heterocycles. The number of likely N-dealkylation sites (tertiary alicyclic amines) is 1. The van der Waals surface area contributed by atoms with Gasteiger partial charge in [0.25, 0.3) is 0 Å². The number of rotatable bonds is 10. The molecule has 3 rings (SSSR count).